The third kappa shape index (κ3) is 2.23. The van der Waals surface area contributed by atoms with Gasteiger partial charge in [-0.25, -0.2) is 4.79 Å². The van der Waals surface area contributed by atoms with Gasteiger partial charge in [-0.15, -0.1) is 0 Å². The van der Waals surface area contributed by atoms with Gasteiger partial charge in [0.1, 0.15) is 6.61 Å². The lowest BCUT2D eigenvalue weighted by Crippen LogP contribution is -1.99. The molecule has 1 aliphatic rings. The second kappa shape index (κ2) is 5.14. The molecule has 0 bridgehead atoms. The summed E-state index contributed by atoms with van der Waals surface area (Å²) in [5.74, 6) is -0.311. The highest BCUT2D eigenvalue weighted by molar-refractivity contribution is 6.36. The van der Waals surface area contributed by atoms with Gasteiger partial charge >= 0.3 is 5.97 Å². The molecule has 2 aromatic carbocycles. The molecule has 3 heteroatoms. The minimum absolute atomic E-state index is 0.294. The summed E-state index contributed by atoms with van der Waals surface area (Å²) in [4.78, 5) is 12.0. The van der Waals surface area contributed by atoms with Crippen LogP contribution in [-0.2, 0) is 9.53 Å². The Hall–Kier alpha value is -2.06. The fourth-order valence-corrected chi connectivity index (χ4v) is 2.55. The van der Waals surface area contributed by atoms with Crippen molar-refractivity contribution in [1.29, 1.82) is 0 Å². The third-order valence-corrected chi connectivity index (χ3v) is 3.73. The van der Waals surface area contributed by atoms with Crippen LogP contribution in [0.5, 0.6) is 0 Å². The molecule has 0 aliphatic carbocycles. The number of halogens is 1. The molecule has 0 aromatic heterocycles. The lowest BCUT2D eigenvalue weighted by Gasteiger charge is -2.06. The molecule has 2 aromatic rings. The Kier molecular flexibility index (Phi) is 3.33. The van der Waals surface area contributed by atoms with Crippen molar-refractivity contribution in [2.24, 2.45) is 0 Å². The molecule has 0 unspecified atom stereocenters. The average molecular weight is 285 g/mol. The van der Waals surface area contributed by atoms with Crippen LogP contribution in [-0.4, -0.2) is 12.6 Å². The van der Waals surface area contributed by atoms with Gasteiger partial charge in [0.05, 0.1) is 5.57 Å². The van der Waals surface area contributed by atoms with E-state index in [1.807, 2.05) is 49.4 Å². The Bertz CT molecular complexity index is 699. The molecule has 1 aliphatic heterocycles. The zero-order valence-corrected chi connectivity index (χ0v) is 11.8. The van der Waals surface area contributed by atoms with Crippen molar-refractivity contribution in [2.75, 3.05) is 6.61 Å². The van der Waals surface area contributed by atoms with Crippen LogP contribution >= 0.6 is 11.6 Å². The zero-order chi connectivity index (χ0) is 14.1. The SMILES string of the molecule is Cc1ccc(C2=C(c3ccccc3Cl)C(=O)OC2)cc1. The maximum absolute atomic E-state index is 12.0. The summed E-state index contributed by atoms with van der Waals surface area (Å²) in [6, 6.07) is 15.4. The molecule has 0 amide bonds. The number of rotatable bonds is 2. The predicted octanol–water partition coefficient (Wildman–Crippen LogP) is 4.12. The largest absolute Gasteiger partial charge is 0.457 e. The molecular weight excluding hydrogens is 272 g/mol. The fourth-order valence-electron chi connectivity index (χ4n) is 2.32. The molecule has 0 saturated heterocycles. The van der Waals surface area contributed by atoms with E-state index < -0.39 is 0 Å². The zero-order valence-electron chi connectivity index (χ0n) is 11.0. The molecule has 0 N–H and O–H groups in total. The van der Waals surface area contributed by atoms with Gasteiger partial charge in [-0.1, -0.05) is 59.6 Å². The van der Waals surface area contributed by atoms with Crippen LogP contribution in [0.3, 0.4) is 0 Å². The number of carbonyl (C=O) groups is 1. The van der Waals surface area contributed by atoms with Crippen molar-refractivity contribution < 1.29 is 9.53 Å². The monoisotopic (exact) mass is 284 g/mol. The number of ether oxygens (including phenoxy) is 1. The number of carbonyl (C=O) groups excluding carboxylic acids is 1. The topological polar surface area (TPSA) is 26.3 Å². The van der Waals surface area contributed by atoms with Crippen LogP contribution in [0.4, 0.5) is 0 Å². The number of aryl methyl sites for hydroxylation is 1. The average Bonchev–Trinajstić information content (AvgIpc) is 2.82. The molecule has 3 rings (SSSR count). The van der Waals surface area contributed by atoms with E-state index in [-0.39, 0.29) is 5.97 Å². The Morgan fingerprint density at radius 2 is 1.75 bits per heavy atom. The standard InChI is InChI=1S/C17H13ClO2/c1-11-6-8-12(9-7-11)14-10-20-17(19)16(14)13-4-2-3-5-15(13)18/h2-9H,10H2,1H3. The predicted molar refractivity (Wildman–Crippen MR) is 80.4 cm³/mol. The highest BCUT2D eigenvalue weighted by atomic mass is 35.5. The van der Waals surface area contributed by atoms with Crippen molar-refractivity contribution in [3.05, 3.63) is 70.2 Å². The van der Waals surface area contributed by atoms with Crippen LogP contribution in [0.15, 0.2) is 48.5 Å². The van der Waals surface area contributed by atoms with Crippen LogP contribution in [0, 0.1) is 6.92 Å². The van der Waals surface area contributed by atoms with Crippen molar-refractivity contribution >= 4 is 28.7 Å². The van der Waals surface area contributed by atoms with E-state index in [9.17, 15) is 4.79 Å². The van der Waals surface area contributed by atoms with Crippen molar-refractivity contribution in [3.8, 4) is 0 Å². The normalized spacial score (nSPS) is 14.6. The van der Waals surface area contributed by atoms with E-state index >= 15 is 0 Å². The highest BCUT2D eigenvalue weighted by Gasteiger charge is 2.28. The lowest BCUT2D eigenvalue weighted by molar-refractivity contribution is -0.133. The van der Waals surface area contributed by atoms with Gasteiger partial charge in [-0.2, -0.15) is 0 Å². The van der Waals surface area contributed by atoms with Gasteiger partial charge in [0, 0.05) is 16.2 Å². The van der Waals surface area contributed by atoms with Gasteiger partial charge in [0.2, 0.25) is 0 Å². The first-order chi connectivity index (χ1) is 9.66. The molecule has 20 heavy (non-hydrogen) atoms. The Morgan fingerprint density at radius 3 is 2.45 bits per heavy atom. The molecule has 1 heterocycles. The summed E-state index contributed by atoms with van der Waals surface area (Å²) in [6.07, 6.45) is 0. The third-order valence-electron chi connectivity index (χ3n) is 3.40. The summed E-state index contributed by atoms with van der Waals surface area (Å²) in [5.41, 5.74) is 4.37. The van der Waals surface area contributed by atoms with Crippen molar-refractivity contribution in [1.82, 2.24) is 0 Å². The molecule has 2 nitrogen and oxygen atoms in total. The van der Waals surface area contributed by atoms with Gasteiger partial charge < -0.3 is 4.74 Å². The second-order valence-corrected chi connectivity index (χ2v) is 5.18. The summed E-state index contributed by atoms with van der Waals surface area (Å²) in [5, 5.41) is 0.561. The number of benzene rings is 2. The quantitative estimate of drug-likeness (QED) is 0.776. The summed E-state index contributed by atoms with van der Waals surface area (Å²) < 4.78 is 5.20. The van der Waals surface area contributed by atoms with E-state index in [2.05, 4.69) is 0 Å². The minimum Gasteiger partial charge on any atom is -0.457 e. The molecule has 0 atom stereocenters. The number of hydrogen-bond acceptors (Lipinski definition) is 2. The Labute approximate surface area is 122 Å². The molecule has 0 radical (unpaired) electrons. The molecule has 0 saturated carbocycles. The van der Waals surface area contributed by atoms with E-state index in [1.165, 1.54) is 5.56 Å². The van der Waals surface area contributed by atoms with E-state index in [4.69, 9.17) is 16.3 Å². The molecule has 0 fully saturated rings. The maximum atomic E-state index is 12.0. The first kappa shape index (κ1) is 12.9. The van der Waals surface area contributed by atoms with E-state index in [1.54, 1.807) is 6.07 Å². The first-order valence-corrected chi connectivity index (χ1v) is 6.77. The maximum Gasteiger partial charge on any atom is 0.339 e. The summed E-state index contributed by atoms with van der Waals surface area (Å²) in [6.45, 7) is 2.33. The van der Waals surface area contributed by atoms with Gasteiger partial charge in [0.25, 0.3) is 0 Å². The van der Waals surface area contributed by atoms with Gasteiger partial charge in [0.15, 0.2) is 0 Å². The van der Waals surface area contributed by atoms with Gasteiger partial charge in [-0.05, 0) is 18.6 Å². The van der Waals surface area contributed by atoms with Gasteiger partial charge in [-0.3, -0.25) is 0 Å². The second-order valence-electron chi connectivity index (χ2n) is 4.78. The number of hydrogen-bond donors (Lipinski definition) is 0. The molecule has 0 spiro atoms. The molecular formula is C17H13ClO2. The Balaban J connectivity index is 2.18. The smallest absolute Gasteiger partial charge is 0.339 e. The summed E-state index contributed by atoms with van der Waals surface area (Å²) in [7, 11) is 0. The number of cyclic esters (lactones) is 1. The van der Waals surface area contributed by atoms with Crippen molar-refractivity contribution in [3.63, 3.8) is 0 Å². The lowest BCUT2D eigenvalue weighted by atomic mass is 9.96. The van der Waals surface area contributed by atoms with Crippen LogP contribution in [0.1, 0.15) is 16.7 Å². The van der Waals surface area contributed by atoms with Crippen LogP contribution in [0.25, 0.3) is 11.1 Å². The number of esters is 1. The minimum atomic E-state index is -0.311. The van der Waals surface area contributed by atoms with Crippen LogP contribution < -0.4 is 0 Å². The fraction of sp³-hybridized carbons (Fsp3) is 0.118. The van der Waals surface area contributed by atoms with E-state index in [0.717, 1.165) is 16.7 Å². The first-order valence-electron chi connectivity index (χ1n) is 6.39. The van der Waals surface area contributed by atoms with Crippen LogP contribution in [0.2, 0.25) is 5.02 Å². The van der Waals surface area contributed by atoms with Crippen molar-refractivity contribution in [2.45, 2.75) is 6.92 Å². The molecule has 100 valence electrons. The van der Waals surface area contributed by atoms with E-state index in [0.29, 0.717) is 17.2 Å². The Morgan fingerprint density at radius 1 is 1.05 bits per heavy atom. The summed E-state index contributed by atoms with van der Waals surface area (Å²) >= 11 is 6.21. The highest BCUT2D eigenvalue weighted by Crippen LogP contribution is 2.35.